The highest BCUT2D eigenvalue weighted by Crippen LogP contribution is 2.15. The van der Waals surface area contributed by atoms with E-state index in [4.69, 9.17) is 17.3 Å². The van der Waals surface area contributed by atoms with Crippen LogP contribution in [0.4, 0.5) is 0 Å². The van der Waals surface area contributed by atoms with Crippen molar-refractivity contribution in [1.82, 2.24) is 4.98 Å². The minimum atomic E-state index is 0.287. The molecule has 0 aliphatic carbocycles. The summed E-state index contributed by atoms with van der Waals surface area (Å²) in [5.41, 5.74) is 6.68. The first-order chi connectivity index (χ1) is 6.68. The van der Waals surface area contributed by atoms with Gasteiger partial charge in [0.15, 0.2) is 0 Å². The molecule has 1 aromatic rings. The monoisotopic (exact) mass is 230 g/mol. The summed E-state index contributed by atoms with van der Waals surface area (Å²) in [5.74, 6) is 1.99. The summed E-state index contributed by atoms with van der Waals surface area (Å²) in [4.78, 5) is 4.22. The van der Waals surface area contributed by atoms with Crippen LogP contribution in [-0.4, -0.2) is 16.8 Å². The van der Waals surface area contributed by atoms with Gasteiger partial charge >= 0.3 is 0 Å². The van der Waals surface area contributed by atoms with Gasteiger partial charge in [-0.3, -0.25) is 4.98 Å². The Morgan fingerprint density at radius 1 is 1.64 bits per heavy atom. The molecule has 0 bridgehead atoms. The van der Waals surface area contributed by atoms with E-state index in [0.717, 1.165) is 28.6 Å². The van der Waals surface area contributed by atoms with Crippen LogP contribution in [-0.2, 0) is 5.75 Å². The Morgan fingerprint density at radius 2 is 2.43 bits per heavy atom. The first-order valence-electron chi connectivity index (χ1n) is 4.62. The summed E-state index contributed by atoms with van der Waals surface area (Å²) in [6.07, 6.45) is 2.79. The molecule has 4 heteroatoms. The third-order valence-electron chi connectivity index (χ3n) is 1.75. The third kappa shape index (κ3) is 4.84. The number of halogens is 1. The van der Waals surface area contributed by atoms with Gasteiger partial charge in [-0.15, -0.1) is 0 Å². The zero-order chi connectivity index (χ0) is 10.4. The molecule has 0 radical (unpaired) electrons. The molecule has 78 valence electrons. The van der Waals surface area contributed by atoms with Crippen molar-refractivity contribution in [2.24, 2.45) is 5.73 Å². The zero-order valence-electron chi connectivity index (χ0n) is 8.24. The molecule has 14 heavy (non-hydrogen) atoms. The van der Waals surface area contributed by atoms with Gasteiger partial charge in [0.25, 0.3) is 0 Å². The standard InChI is InChI=1S/C10H15ClN2S/c1-8(12)3-5-14-7-10-6-9(11)2-4-13-10/h2,4,6,8H,3,5,7,12H2,1H3. The summed E-state index contributed by atoms with van der Waals surface area (Å²) >= 11 is 7.68. The number of nitrogens with zero attached hydrogens (tertiary/aromatic N) is 1. The molecule has 0 aliphatic heterocycles. The van der Waals surface area contributed by atoms with Crippen molar-refractivity contribution < 1.29 is 0 Å². The van der Waals surface area contributed by atoms with Crippen LogP contribution in [0.2, 0.25) is 5.02 Å². The lowest BCUT2D eigenvalue weighted by Crippen LogP contribution is -2.15. The van der Waals surface area contributed by atoms with Crippen LogP contribution in [0.3, 0.4) is 0 Å². The van der Waals surface area contributed by atoms with E-state index in [0.29, 0.717) is 0 Å². The molecule has 2 nitrogen and oxygen atoms in total. The van der Waals surface area contributed by atoms with E-state index >= 15 is 0 Å². The molecule has 0 fully saturated rings. The molecule has 0 spiro atoms. The molecule has 0 aliphatic rings. The lowest BCUT2D eigenvalue weighted by atomic mass is 10.3. The van der Waals surface area contributed by atoms with Gasteiger partial charge in [-0.1, -0.05) is 11.6 Å². The van der Waals surface area contributed by atoms with Crippen molar-refractivity contribution in [3.05, 3.63) is 29.0 Å². The molecule has 1 aromatic heterocycles. The van der Waals surface area contributed by atoms with Crippen LogP contribution in [0.5, 0.6) is 0 Å². The van der Waals surface area contributed by atoms with E-state index in [1.165, 1.54) is 0 Å². The van der Waals surface area contributed by atoms with Crippen molar-refractivity contribution in [1.29, 1.82) is 0 Å². The van der Waals surface area contributed by atoms with Crippen LogP contribution in [0.1, 0.15) is 19.0 Å². The van der Waals surface area contributed by atoms with Gasteiger partial charge in [-0.2, -0.15) is 11.8 Å². The molecule has 1 rings (SSSR count). The van der Waals surface area contributed by atoms with Gasteiger partial charge in [0.2, 0.25) is 0 Å². The molecule has 1 atom stereocenters. The van der Waals surface area contributed by atoms with Gasteiger partial charge in [0.1, 0.15) is 0 Å². The number of pyridine rings is 1. The largest absolute Gasteiger partial charge is 0.328 e. The van der Waals surface area contributed by atoms with Crippen LogP contribution in [0, 0.1) is 0 Å². The lowest BCUT2D eigenvalue weighted by Gasteiger charge is -2.04. The minimum absolute atomic E-state index is 0.287. The van der Waals surface area contributed by atoms with E-state index in [-0.39, 0.29) is 6.04 Å². The maximum Gasteiger partial charge on any atom is 0.0517 e. The first-order valence-corrected chi connectivity index (χ1v) is 6.15. The van der Waals surface area contributed by atoms with E-state index < -0.39 is 0 Å². The minimum Gasteiger partial charge on any atom is -0.328 e. The molecular formula is C10H15ClN2S. The number of thioether (sulfide) groups is 1. The number of nitrogens with two attached hydrogens (primary N) is 1. The molecule has 0 saturated carbocycles. The average Bonchev–Trinajstić information content (AvgIpc) is 2.12. The lowest BCUT2D eigenvalue weighted by molar-refractivity contribution is 0.721. The van der Waals surface area contributed by atoms with Gasteiger partial charge in [-0.25, -0.2) is 0 Å². The van der Waals surface area contributed by atoms with Gasteiger partial charge in [0, 0.05) is 23.0 Å². The maximum atomic E-state index is 5.84. The van der Waals surface area contributed by atoms with Crippen LogP contribution in [0.25, 0.3) is 0 Å². The van der Waals surface area contributed by atoms with E-state index in [9.17, 15) is 0 Å². The smallest absolute Gasteiger partial charge is 0.0517 e. The van der Waals surface area contributed by atoms with Crippen molar-refractivity contribution in [2.45, 2.75) is 25.1 Å². The highest BCUT2D eigenvalue weighted by Gasteiger charge is 1.98. The van der Waals surface area contributed by atoms with Crippen LogP contribution in [0.15, 0.2) is 18.3 Å². The van der Waals surface area contributed by atoms with Gasteiger partial charge in [-0.05, 0) is 31.2 Å². The quantitative estimate of drug-likeness (QED) is 0.791. The van der Waals surface area contributed by atoms with Crippen molar-refractivity contribution in [2.75, 3.05) is 5.75 Å². The number of hydrogen-bond donors (Lipinski definition) is 1. The molecule has 0 aromatic carbocycles. The molecule has 0 amide bonds. The van der Waals surface area contributed by atoms with E-state index in [2.05, 4.69) is 4.98 Å². The highest BCUT2D eigenvalue weighted by molar-refractivity contribution is 7.98. The second-order valence-electron chi connectivity index (χ2n) is 3.28. The first kappa shape index (κ1) is 11.8. The second kappa shape index (κ2) is 6.27. The molecule has 1 heterocycles. The van der Waals surface area contributed by atoms with E-state index in [1.807, 2.05) is 24.8 Å². The van der Waals surface area contributed by atoms with Crippen molar-refractivity contribution in [3.8, 4) is 0 Å². The summed E-state index contributed by atoms with van der Waals surface area (Å²) in [6, 6.07) is 3.98. The van der Waals surface area contributed by atoms with Crippen LogP contribution < -0.4 is 5.73 Å². The number of hydrogen-bond acceptors (Lipinski definition) is 3. The molecular weight excluding hydrogens is 216 g/mol. The summed E-state index contributed by atoms with van der Waals surface area (Å²) in [7, 11) is 0. The SMILES string of the molecule is CC(N)CCSCc1cc(Cl)ccn1. The fraction of sp³-hybridized carbons (Fsp3) is 0.500. The molecule has 0 saturated heterocycles. The zero-order valence-corrected chi connectivity index (χ0v) is 9.81. The Morgan fingerprint density at radius 3 is 3.07 bits per heavy atom. The topological polar surface area (TPSA) is 38.9 Å². The predicted octanol–water partition coefficient (Wildman–Crippen LogP) is 2.71. The van der Waals surface area contributed by atoms with Gasteiger partial charge < -0.3 is 5.73 Å². The Hall–Kier alpha value is -0.250. The summed E-state index contributed by atoms with van der Waals surface area (Å²) in [6.45, 7) is 2.03. The number of aromatic nitrogens is 1. The normalized spacial score (nSPS) is 12.8. The second-order valence-corrected chi connectivity index (χ2v) is 4.83. The highest BCUT2D eigenvalue weighted by atomic mass is 35.5. The third-order valence-corrected chi connectivity index (χ3v) is 3.01. The fourth-order valence-corrected chi connectivity index (χ4v) is 2.21. The predicted molar refractivity (Wildman–Crippen MR) is 63.7 cm³/mol. The fourth-order valence-electron chi connectivity index (χ4n) is 0.974. The van der Waals surface area contributed by atoms with E-state index in [1.54, 1.807) is 12.3 Å². The Labute approximate surface area is 94.2 Å². The molecule has 2 N–H and O–H groups in total. The Kier molecular flexibility index (Phi) is 5.30. The number of rotatable bonds is 5. The Bertz CT molecular complexity index is 279. The molecule has 1 unspecified atom stereocenters. The average molecular weight is 231 g/mol. The van der Waals surface area contributed by atoms with Gasteiger partial charge in [0.05, 0.1) is 5.69 Å². The summed E-state index contributed by atoms with van der Waals surface area (Å²) < 4.78 is 0. The van der Waals surface area contributed by atoms with Crippen molar-refractivity contribution in [3.63, 3.8) is 0 Å². The van der Waals surface area contributed by atoms with Crippen LogP contribution >= 0.6 is 23.4 Å². The van der Waals surface area contributed by atoms with Crippen molar-refractivity contribution >= 4 is 23.4 Å². The maximum absolute atomic E-state index is 5.84. The summed E-state index contributed by atoms with van der Waals surface area (Å²) in [5, 5.41) is 0.753. The Balaban J connectivity index is 2.25.